The zero-order valence-corrected chi connectivity index (χ0v) is 10.3. The average Bonchev–Trinajstić information content (AvgIpc) is 2.78. The second-order valence-electron chi connectivity index (χ2n) is 4.02. The maximum absolute atomic E-state index is 4.38. The monoisotopic (exact) mass is 230 g/mol. The van der Waals surface area contributed by atoms with Crippen molar-refractivity contribution >= 4 is 5.82 Å². The Morgan fingerprint density at radius 2 is 2.18 bits per heavy atom. The highest BCUT2D eigenvalue weighted by atomic mass is 15.1. The number of nitrogens with zero attached hydrogens (tertiary/aromatic N) is 3. The lowest BCUT2D eigenvalue weighted by Crippen LogP contribution is -2.05. The van der Waals surface area contributed by atoms with Crippen LogP contribution in [0.3, 0.4) is 0 Å². The van der Waals surface area contributed by atoms with Gasteiger partial charge in [0.1, 0.15) is 11.6 Å². The van der Waals surface area contributed by atoms with Crippen LogP contribution in [-0.2, 0) is 13.0 Å². The van der Waals surface area contributed by atoms with Crippen molar-refractivity contribution in [1.29, 1.82) is 0 Å². The van der Waals surface area contributed by atoms with Crippen LogP contribution in [0.25, 0.3) is 0 Å². The lowest BCUT2D eigenvalue weighted by Gasteiger charge is -2.08. The SMILES string of the molecule is CCCc1nccn1Cc1ccnc(NC)c1. The van der Waals surface area contributed by atoms with E-state index in [9.17, 15) is 0 Å². The Balaban J connectivity index is 2.16. The molecular formula is C13H18N4. The van der Waals surface area contributed by atoms with Crippen LogP contribution in [0.4, 0.5) is 5.82 Å². The third-order valence-corrected chi connectivity index (χ3v) is 2.71. The molecular weight excluding hydrogens is 212 g/mol. The summed E-state index contributed by atoms with van der Waals surface area (Å²) in [5, 5.41) is 3.05. The molecule has 1 N–H and O–H groups in total. The first-order valence-electron chi connectivity index (χ1n) is 5.96. The second-order valence-corrected chi connectivity index (χ2v) is 4.02. The smallest absolute Gasteiger partial charge is 0.125 e. The molecule has 0 spiro atoms. The number of hydrogen-bond acceptors (Lipinski definition) is 3. The fourth-order valence-electron chi connectivity index (χ4n) is 1.84. The highest BCUT2D eigenvalue weighted by Gasteiger charge is 2.03. The summed E-state index contributed by atoms with van der Waals surface area (Å²) in [5.41, 5.74) is 1.24. The first-order valence-corrected chi connectivity index (χ1v) is 5.96. The zero-order valence-electron chi connectivity index (χ0n) is 10.3. The molecule has 4 nitrogen and oxygen atoms in total. The van der Waals surface area contributed by atoms with Gasteiger partial charge in [-0.1, -0.05) is 6.92 Å². The number of imidazole rings is 1. The predicted molar refractivity (Wildman–Crippen MR) is 69.1 cm³/mol. The number of pyridine rings is 1. The first kappa shape index (κ1) is 11.6. The van der Waals surface area contributed by atoms with Gasteiger partial charge in [0.15, 0.2) is 0 Å². The topological polar surface area (TPSA) is 42.7 Å². The van der Waals surface area contributed by atoms with E-state index in [-0.39, 0.29) is 0 Å². The van der Waals surface area contributed by atoms with Crippen LogP contribution in [0.1, 0.15) is 24.7 Å². The van der Waals surface area contributed by atoms with E-state index >= 15 is 0 Å². The molecule has 0 saturated carbocycles. The maximum Gasteiger partial charge on any atom is 0.125 e. The average molecular weight is 230 g/mol. The van der Waals surface area contributed by atoms with Gasteiger partial charge in [0.05, 0.1) is 0 Å². The molecule has 0 aliphatic carbocycles. The van der Waals surface area contributed by atoms with Crippen LogP contribution in [0.2, 0.25) is 0 Å². The largest absolute Gasteiger partial charge is 0.373 e. The minimum atomic E-state index is 0.854. The molecule has 0 bridgehead atoms. The molecule has 0 atom stereocenters. The van der Waals surface area contributed by atoms with Crippen molar-refractivity contribution in [3.63, 3.8) is 0 Å². The van der Waals surface area contributed by atoms with E-state index < -0.39 is 0 Å². The molecule has 0 amide bonds. The molecule has 90 valence electrons. The Morgan fingerprint density at radius 3 is 2.94 bits per heavy atom. The van der Waals surface area contributed by atoms with E-state index in [0.29, 0.717) is 0 Å². The van der Waals surface area contributed by atoms with Crippen LogP contribution in [0, 0.1) is 0 Å². The number of aryl methyl sites for hydroxylation is 1. The van der Waals surface area contributed by atoms with Gasteiger partial charge in [-0.3, -0.25) is 0 Å². The minimum absolute atomic E-state index is 0.854. The van der Waals surface area contributed by atoms with Gasteiger partial charge in [0.25, 0.3) is 0 Å². The standard InChI is InChI=1S/C13H18N4/c1-3-4-13-16-7-8-17(13)10-11-5-6-15-12(9-11)14-2/h5-9H,3-4,10H2,1-2H3,(H,14,15). The molecule has 0 fully saturated rings. The van der Waals surface area contributed by atoms with Crippen molar-refractivity contribution in [2.45, 2.75) is 26.3 Å². The maximum atomic E-state index is 4.38. The van der Waals surface area contributed by atoms with Gasteiger partial charge in [-0.2, -0.15) is 0 Å². The summed E-state index contributed by atoms with van der Waals surface area (Å²) >= 11 is 0. The molecule has 17 heavy (non-hydrogen) atoms. The Kier molecular flexibility index (Phi) is 3.75. The summed E-state index contributed by atoms with van der Waals surface area (Å²) in [6.45, 7) is 3.02. The number of hydrogen-bond donors (Lipinski definition) is 1. The van der Waals surface area contributed by atoms with Gasteiger partial charge in [0, 0.05) is 38.6 Å². The van der Waals surface area contributed by atoms with Crippen LogP contribution in [0.15, 0.2) is 30.7 Å². The van der Waals surface area contributed by atoms with Gasteiger partial charge in [0.2, 0.25) is 0 Å². The summed E-state index contributed by atoms with van der Waals surface area (Å²) in [6.07, 6.45) is 7.87. The lowest BCUT2D eigenvalue weighted by molar-refractivity contribution is 0.704. The van der Waals surface area contributed by atoms with Crippen molar-refractivity contribution in [2.24, 2.45) is 0 Å². The van der Waals surface area contributed by atoms with E-state index in [0.717, 1.165) is 31.0 Å². The van der Waals surface area contributed by atoms with E-state index in [1.165, 1.54) is 5.56 Å². The number of nitrogens with one attached hydrogen (secondary N) is 1. The molecule has 2 heterocycles. The van der Waals surface area contributed by atoms with Gasteiger partial charge in [-0.05, 0) is 24.1 Å². The van der Waals surface area contributed by atoms with Crippen molar-refractivity contribution in [1.82, 2.24) is 14.5 Å². The Bertz CT molecular complexity index is 476. The summed E-state index contributed by atoms with van der Waals surface area (Å²) in [6, 6.07) is 4.10. The Labute approximate surface area is 102 Å². The molecule has 0 saturated heterocycles. The third-order valence-electron chi connectivity index (χ3n) is 2.71. The van der Waals surface area contributed by atoms with E-state index in [1.807, 2.05) is 31.7 Å². The van der Waals surface area contributed by atoms with Gasteiger partial charge in [-0.25, -0.2) is 9.97 Å². The zero-order chi connectivity index (χ0) is 12.1. The summed E-state index contributed by atoms with van der Waals surface area (Å²) < 4.78 is 2.19. The highest BCUT2D eigenvalue weighted by molar-refractivity contribution is 5.36. The summed E-state index contributed by atoms with van der Waals surface area (Å²) in [7, 11) is 1.88. The van der Waals surface area contributed by atoms with E-state index in [4.69, 9.17) is 0 Å². The van der Waals surface area contributed by atoms with Crippen molar-refractivity contribution < 1.29 is 0 Å². The molecule has 0 unspecified atom stereocenters. The molecule has 2 aromatic heterocycles. The summed E-state index contributed by atoms with van der Waals surface area (Å²) in [4.78, 5) is 8.59. The molecule has 4 heteroatoms. The third kappa shape index (κ3) is 2.84. The van der Waals surface area contributed by atoms with Gasteiger partial charge in [-0.15, -0.1) is 0 Å². The van der Waals surface area contributed by atoms with Gasteiger partial charge < -0.3 is 9.88 Å². The predicted octanol–water partition coefficient (Wildman–Crippen LogP) is 2.32. The van der Waals surface area contributed by atoms with Crippen LogP contribution in [-0.4, -0.2) is 21.6 Å². The minimum Gasteiger partial charge on any atom is -0.373 e. The Hall–Kier alpha value is -1.84. The van der Waals surface area contributed by atoms with Crippen LogP contribution < -0.4 is 5.32 Å². The number of aromatic nitrogens is 3. The lowest BCUT2D eigenvalue weighted by atomic mass is 10.2. The normalized spacial score (nSPS) is 10.5. The van der Waals surface area contributed by atoms with Crippen molar-refractivity contribution in [3.8, 4) is 0 Å². The Morgan fingerprint density at radius 1 is 1.29 bits per heavy atom. The molecule has 2 aromatic rings. The molecule has 0 aliphatic heterocycles. The molecule has 0 radical (unpaired) electrons. The van der Waals surface area contributed by atoms with E-state index in [1.54, 1.807) is 0 Å². The molecule has 0 aliphatic rings. The first-order chi connectivity index (χ1) is 8.33. The van der Waals surface area contributed by atoms with Crippen molar-refractivity contribution in [3.05, 3.63) is 42.1 Å². The van der Waals surface area contributed by atoms with Crippen molar-refractivity contribution in [2.75, 3.05) is 12.4 Å². The summed E-state index contributed by atoms with van der Waals surface area (Å²) in [5.74, 6) is 2.05. The number of rotatable bonds is 5. The molecule has 2 rings (SSSR count). The second kappa shape index (κ2) is 5.48. The number of anilines is 1. The fourth-order valence-corrected chi connectivity index (χ4v) is 1.84. The quantitative estimate of drug-likeness (QED) is 0.857. The van der Waals surface area contributed by atoms with Gasteiger partial charge >= 0.3 is 0 Å². The van der Waals surface area contributed by atoms with E-state index in [2.05, 4.69) is 32.8 Å². The van der Waals surface area contributed by atoms with Crippen LogP contribution in [0.5, 0.6) is 0 Å². The van der Waals surface area contributed by atoms with Crippen LogP contribution >= 0.6 is 0 Å². The fraction of sp³-hybridized carbons (Fsp3) is 0.385. The highest BCUT2D eigenvalue weighted by Crippen LogP contribution is 2.10. The molecule has 0 aromatic carbocycles.